The second kappa shape index (κ2) is 3.62. The van der Waals surface area contributed by atoms with Crippen LogP contribution < -0.4 is 0 Å². The molecule has 1 unspecified atom stereocenters. The summed E-state index contributed by atoms with van der Waals surface area (Å²) in [5, 5.41) is 0. The van der Waals surface area contributed by atoms with Gasteiger partial charge in [-0.15, -0.1) is 0 Å². The molecule has 8 heavy (non-hydrogen) atoms. The van der Waals surface area contributed by atoms with Crippen molar-refractivity contribution < 1.29 is 13.6 Å². The second-order valence-corrected chi connectivity index (χ2v) is 3.26. The number of carbonyl (C=O) groups excluding carboxylic acids is 1. The molecule has 0 saturated heterocycles. The average molecular weight is 134 g/mol. The first-order chi connectivity index (χ1) is 3.66. The van der Waals surface area contributed by atoms with Gasteiger partial charge in [-0.1, -0.05) is 0 Å². The molecule has 0 rings (SSSR count). The summed E-state index contributed by atoms with van der Waals surface area (Å²) in [6, 6.07) is 0. The van der Waals surface area contributed by atoms with Gasteiger partial charge in [0.15, 0.2) is 0 Å². The van der Waals surface area contributed by atoms with Crippen LogP contribution in [0.15, 0.2) is 0 Å². The summed E-state index contributed by atoms with van der Waals surface area (Å²) >= 11 is 0. The Morgan fingerprint density at radius 3 is 2.25 bits per heavy atom. The molecule has 4 heteroatoms. The Kier molecular flexibility index (Phi) is 3.46. The monoisotopic (exact) mass is 134 g/mol. The summed E-state index contributed by atoms with van der Waals surface area (Å²) in [5.41, 5.74) is 0. The van der Waals surface area contributed by atoms with E-state index in [-0.39, 0.29) is 5.97 Å². The molecule has 1 atom stereocenters. The van der Waals surface area contributed by atoms with Gasteiger partial charge < -0.3 is 8.85 Å². The van der Waals surface area contributed by atoms with Crippen LogP contribution in [-0.4, -0.2) is 22.4 Å². The highest BCUT2D eigenvalue weighted by Crippen LogP contribution is 1.84. The van der Waals surface area contributed by atoms with Crippen molar-refractivity contribution in [2.24, 2.45) is 0 Å². The van der Waals surface area contributed by atoms with Gasteiger partial charge in [-0.25, -0.2) is 0 Å². The van der Waals surface area contributed by atoms with Gasteiger partial charge in [0.05, 0.1) is 0 Å². The van der Waals surface area contributed by atoms with Gasteiger partial charge in [0.25, 0.3) is 5.97 Å². The number of hydrogen-bond donors (Lipinski definition) is 0. The van der Waals surface area contributed by atoms with E-state index >= 15 is 0 Å². The Balaban J connectivity index is 3.24. The van der Waals surface area contributed by atoms with Crippen molar-refractivity contribution in [3.8, 4) is 0 Å². The van der Waals surface area contributed by atoms with E-state index in [1.807, 2.05) is 0 Å². The predicted octanol–water partition coefficient (Wildman–Crippen LogP) is 0.0462. The van der Waals surface area contributed by atoms with Crippen molar-refractivity contribution in [1.29, 1.82) is 0 Å². The van der Waals surface area contributed by atoms with E-state index in [2.05, 4.69) is 4.43 Å². The lowest BCUT2D eigenvalue weighted by atomic mass is 10.9. The molecular weight excluding hydrogens is 124 g/mol. The molecule has 0 aliphatic carbocycles. The van der Waals surface area contributed by atoms with Crippen molar-refractivity contribution in [3.63, 3.8) is 0 Å². The van der Waals surface area contributed by atoms with Gasteiger partial charge >= 0.3 is 9.28 Å². The van der Waals surface area contributed by atoms with E-state index in [1.165, 1.54) is 6.92 Å². The lowest BCUT2D eigenvalue weighted by molar-refractivity contribution is -0.133. The lowest BCUT2D eigenvalue weighted by Gasteiger charge is -2.05. The number of rotatable bonds is 2. The molecule has 0 bridgehead atoms. The zero-order valence-electron chi connectivity index (χ0n) is 5.30. The summed E-state index contributed by atoms with van der Waals surface area (Å²) in [7, 11) is -0.0472. The van der Waals surface area contributed by atoms with E-state index in [0.717, 1.165) is 0 Å². The highest BCUT2D eigenvalue weighted by atomic mass is 28.3. The van der Waals surface area contributed by atoms with E-state index in [0.29, 0.717) is 0 Å². The van der Waals surface area contributed by atoms with Gasteiger partial charge in [0.1, 0.15) is 0 Å². The maximum Gasteiger partial charge on any atom is 0.381 e. The predicted molar refractivity (Wildman–Crippen MR) is 31.8 cm³/mol. The quantitative estimate of drug-likeness (QED) is 0.500. The third-order valence-electron chi connectivity index (χ3n) is 0.664. The highest BCUT2D eigenvalue weighted by Gasteiger charge is 2.04. The van der Waals surface area contributed by atoms with Crippen LogP contribution >= 0.6 is 0 Å². The third-order valence-corrected chi connectivity index (χ3v) is 1.99. The van der Waals surface area contributed by atoms with Gasteiger partial charge in [0.2, 0.25) is 0 Å². The first-order valence-electron chi connectivity index (χ1n) is 2.37. The molecule has 3 nitrogen and oxygen atoms in total. The van der Waals surface area contributed by atoms with Gasteiger partial charge in [-0.3, -0.25) is 4.79 Å². The van der Waals surface area contributed by atoms with E-state index < -0.39 is 9.28 Å². The molecule has 0 radical (unpaired) electrons. The Bertz CT molecular complexity index is 83.4. The van der Waals surface area contributed by atoms with E-state index in [9.17, 15) is 4.79 Å². The molecule has 0 aromatic rings. The number of hydrogen-bond acceptors (Lipinski definition) is 3. The Labute approximate surface area is 50.4 Å². The molecule has 0 saturated carbocycles. The van der Waals surface area contributed by atoms with Gasteiger partial charge in [-0.2, -0.15) is 0 Å². The maximum absolute atomic E-state index is 10.1. The van der Waals surface area contributed by atoms with Crippen LogP contribution in [0.2, 0.25) is 6.55 Å². The lowest BCUT2D eigenvalue weighted by Crippen LogP contribution is -2.18. The minimum Gasteiger partial charge on any atom is -0.497 e. The SMILES string of the molecule is CO[SiH](C)OC(C)=O. The van der Waals surface area contributed by atoms with Crippen molar-refractivity contribution in [2.45, 2.75) is 13.5 Å². The molecule has 0 aliphatic rings. The smallest absolute Gasteiger partial charge is 0.381 e. The Morgan fingerprint density at radius 1 is 1.62 bits per heavy atom. The Morgan fingerprint density at radius 2 is 2.12 bits per heavy atom. The van der Waals surface area contributed by atoms with Crippen molar-refractivity contribution >= 4 is 15.3 Å². The van der Waals surface area contributed by atoms with Crippen LogP contribution in [0.4, 0.5) is 0 Å². The largest absolute Gasteiger partial charge is 0.497 e. The highest BCUT2D eigenvalue weighted by molar-refractivity contribution is 6.44. The van der Waals surface area contributed by atoms with Crippen molar-refractivity contribution in [1.82, 2.24) is 0 Å². The minimum atomic E-state index is -1.59. The number of carbonyl (C=O) groups is 1. The summed E-state index contributed by atoms with van der Waals surface area (Å²) < 4.78 is 9.43. The third kappa shape index (κ3) is 3.82. The van der Waals surface area contributed by atoms with Gasteiger partial charge in [0, 0.05) is 14.0 Å². The standard InChI is InChI=1S/C4H10O3Si/c1-4(5)7-8(3)6-2/h8H,1-3H3. The van der Waals surface area contributed by atoms with Crippen LogP contribution in [0.3, 0.4) is 0 Å². The molecular formula is C4H10O3Si. The summed E-state index contributed by atoms with van der Waals surface area (Å²) in [5.74, 6) is -0.258. The van der Waals surface area contributed by atoms with Crippen LogP contribution in [0.25, 0.3) is 0 Å². The summed E-state index contributed by atoms with van der Waals surface area (Å²) in [6.45, 7) is 3.17. The van der Waals surface area contributed by atoms with Crippen LogP contribution in [0.1, 0.15) is 6.92 Å². The van der Waals surface area contributed by atoms with Crippen LogP contribution in [0.5, 0.6) is 0 Å². The second-order valence-electron chi connectivity index (χ2n) is 1.41. The zero-order valence-corrected chi connectivity index (χ0v) is 6.46. The molecule has 48 valence electrons. The normalized spacial score (nSPS) is 12.9. The fourth-order valence-corrected chi connectivity index (χ4v) is 0.845. The molecule has 0 spiro atoms. The minimum absolute atomic E-state index is 0.258. The Hall–Kier alpha value is -0.353. The molecule has 0 N–H and O–H groups in total. The van der Waals surface area contributed by atoms with E-state index in [4.69, 9.17) is 4.43 Å². The zero-order chi connectivity index (χ0) is 6.57. The fraction of sp³-hybridized carbons (Fsp3) is 0.750. The molecule has 0 heterocycles. The molecule has 0 amide bonds. The van der Waals surface area contributed by atoms with Crippen molar-refractivity contribution in [3.05, 3.63) is 0 Å². The fourth-order valence-electron chi connectivity index (χ4n) is 0.282. The molecule has 0 aliphatic heterocycles. The average Bonchev–Trinajstić information content (AvgIpc) is 1.65. The van der Waals surface area contributed by atoms with Gasteiger partial charge in [-0.05, 0) is 6.55 Å². The summed E-state index contributed by atoms with van der Waals surface area (Å²) in [6.07, 6.45) is 0. The van der Waals surface area contributed by atoms with E-state index in [1.54, 1.807) is 13.7 Å². The van der Waals surface area contributed by atoms with Crippen LogP contribution in [-0.2, 0) is 13.6 Å². The summed E-state index contributed by atoms with van der Waals surface area (Å²) in [4.78, 5) is 10.1. The maximum atomic E-state index is 10.1. The molecule has 0 aromatic carbocycles. The topological polar surface area (TPSA) is 35.5 Å². The van der Waals surface area contributed by atoms with Crippen LogP contribution in [0, 0.1) is 0 Å². The first-order valence-corrected chi connectivity index (χ1v) is 4.46. The first kappa shape index (κ1) is 7.65. The molecule has 0 fully saturated rings. The van der Waals surface area contributed by atoms with Crippen molar-refractivity contribution in [2.75, 3.05) is 7.11 Å². The molecule has 0 aromatic heterocycles.